The Hall–Kier alpha value is -1.69. The Labute approximate surface area is 140 Å². The van der Waals surface area contributed by atoms with E-state index in [4.69, 9.17) is 0 Å². The van der Waals surface area contributed by atoms with Crippen LogP contribution in [0.5, 0.6) is 0 Å². The fourth-order valence-electron chi connectivity index (χ4n) is 3.57. The van der Waals surface area contributed by atoms with Gasteiger partial charge in [0.05, 0.1) is 6.10 Å². The molecular formula is C18H21N3OS. The Balaban J connectivity index is 1.48. The van der Waals surface area contributed by atoms with Gasteiger partial charge in [0, 0.05) is 35.6 Å². The highest BCUT2D eigenvalue weighted by Gasteiger charge is 2.27. The molecule has 1 saturated heterocycles. The number of hydrogen-bond donors (Lipinski definition) is 1. The first kappa shape index (κ1) is 14.9. The molecule has 2 unspecified atom stereocenters. The van der Waals surface area contributed by atoms with Gasteiger partial charge in [-0.1, -0.05) is 12.1 Å². The summed E-state index contributed by atoms with van der Waals surface area (Å²) in [6, 6.07) is 10.8. The Morgan fingerprint density at radius 1 is 1.30 bits per heavy atom. The lowest BCUT2D eigenvalue weighted by Crippen LogP contribution is -2.31. The predicted octanol–water partition coefficient (Wildman–Crippen LogP) is 3.48. The Kier molecular flexibility index (Phi) is 4.16. The van der Waals surface area contributed by atoms with Crippen molar-refractivity contribution in [3.05, 3.63) is 58.7 Å². The van der Waals surface area contributed by atoms with E-state index in [-0.39, 0.29) is 6.10 Å². The molecule has 3 aromatic rings. The van der Waals surface area contributed by atoms with Crippen LogP contribution in [0.1, 0.15) is 35.9 Å². The summed E-state index contributed by atoms with van der Waals surface area (Å²) < 4.78 is 2.16. The van der Waals surface area contributed by atoms with E-state index in [0.29, 0.717) is 6.04 Å². The van der Waals surface area contributed by atoms with Crippen molar-refractivity contribution in [2.45, 2.75) is 38.0 Å². The normalized spacial score (nSPS) is 20.3. The zero-order valence-corrected chi connectivity index (χ0v) is 13.8. The van der Waals surface area contributed by atoms with Gasteiger partial charge >= 0.3 is 0 Å². The highest BCUT2D eigenvalue weighted by Crippen LogP contribution is 2.30. The van der Waals surface area contributed by atoms with Crippen LogP contribution in [0.4, 0.5) is 0 Å². The molecule has 0 bridgehead atoms. The maximum atomic E-state index is 10.5. The average molecular weight is 327 g/mol. The van der Waals surface area contributed by atoms with E-state index in [1.807, 2.05) is 36.0 Å². The van der Waals surface area contributed by atoms with Crippen LogP contribution in [0.3, 0.4) is 0 Å². The van der Waals surface area contributed by atoms with E-state index in [1.165, 1.54) is 18.5 Å². The minimum absolute atomic E-state index is 0.343. The summed E-state index contributed by atoms with van der Waals surface area (Å²) in [6.45, 7) is 2.02. The summed E-state index contributed by atoms with van der Waals surface area (Å²) in [7, 11) is 0. The van der Waals surface area contributed by atoms with Crippen LogP contribution in [0.25, 0.3) is 5.65 Å². The van der Waals surface area contributed by atoms with Gasteiger partial charge in [-0.05, 0) is 49.4 Å². The molecule has 1 fully saturated rings. The van der Waals surface area contributed by atoms with Crippen molar-refractivity contribution in [1.29, 1.82) is 0 Å². The van der Waals surface area contributed by atoms with Crippen LogP contribution < -0.4 is 0 Å². The first-order chi connectivity index (χ1) is 11.3. The molecule has 120 valence electrons. The van der Waals surface area contributed by atoms with E-state index >= 15 is 0 Å². The third kappa shape index (κ3) is 3.04. The van der Waals surface area contributed by atoms with Gasteiger partial charge in [-0.3, -0.25) is 4.90 Å². The average Bonchev–Trinajstić information content (AvgIpc) is 3.29. The SMILES string of the molecule is OC(CC1CCCN1Cc1cccc2nccn12)c1cccs1. The highest BCUT2D eigenvalue weighted by molar-refractivity contribution is 7.10. The van der Waals surface area contributed by atoms with Gasteiger partial charge in [-0.25, -0.2) is 4.98 Å². The number of aliphatic hydroxyl groups excluding tert-OH is 1. The fraction of sp³-hybridized carbons (Fsp3) is 0.389. The molecule has 1 aliphatic rings. The Morgan fingerprint density at radius 3 is 3.13 bits per heavy atom. The van der Waals surface area contributed by atoms with Crippen molar-refractivity contribution in [2.75, 3.05) is 6.54 Å². The lowest BCUT2D eigenvalue weighted by Gasteiger charge is -2.26. The third-order valence-corrected chi connectivity index (χ3v) is 5.72. The second-order valence-electron chi connectivity index (χ2n) is 6.21. The minimum Gasteiger partial charge on any atom is -0.388 e. The second-order valence-corrected chi connectivity index (χ2v) is 7.19. The van der Waals surface area contributed by atoms with Gasteiger partial charge in [0.25, 0.3) is 0 Å². The van der Waals surface area contributed by atoms with Gasteiger partial charge < -0.3 is 9.51 Å². The molecule has 3 aromatic heterocycles. The van der Waals surface area contributed by atoms with Gasteiger partial charge in [0.1, 0.15) is 5.65 Å². The molecule has 0 spiro atoms. The standard InChI is InChI=1S/C18H21N3OS/c22-16(17-6-3-11-23-17)12-14-5-2-9-20(14)13-15-4-1-7-18-19-8-10-21(15)18/h1,3-4,6-8,10-11,14,16,22H,2,5,9,12-13H2. The summed E-state index contributed by atoms with van der Waals surface area (Å²) in [4.78, 5) is 7.94. The van der Waals surface area contributed by atoms with E-state index < -0.39 is 0 Å². The van der Waals surface area contributed by atoms with Crippen molar-refractivity contribution in [3.8, 4) is 0 Å². The topological polar surface area (TPSA) is 40.8 Å². The van der Waals surface area contributed by atoms with Crippen molar-refractivity contribution in [1.82, 2.24) is 14.3 Å². The summed E-state index contributed by atoms with van der Waals surface area (Å²) in [5.41, 5.74) is 2.26. The van der Waals surface area contributed by atoms with Crippen LogP contribution >= 0.6 is 11.3 Å². The Bertz CT molecular complexity index is 768. The first-order valence-corrected chi connectivity index (χ1v) is 9.06. The number of pyridine rings is 1. The number of aliphatic hydroxyl groups is 1. The second kappa shape index (κ2) is 6.43. The monoisotopic (exact) mass is 327 g/mol. The van der Waals surface area contributed by atoms with Gasteiger partial charge in [-0.15, -0.1) is 11.3 Å². The lowest BCUT2D eigenvalue weighted by atomic mass is 10.1. The molecule has 1 aliphatic heterocycles. The lowest BCUT2D eigenvalue weighted by molar-refractivity contribution is 0.120. The molecule has 0 radical (unpaired) electrons. The van der Waals surface area contributed by atoms with Crippen LogP contribution in [0.2, 0.25) is 0 Å². The zero-order chi connectivity index (χ0) is 15.6. The highest BCUT2D eigenvalue weighted by atomic mass is 32.1. The fourth-order valence-corrected chi connectivity index (χ4v) is 4.29. The van der Waals surface area contributed by atoms with E-state index in [2.05, 4.69) is 26.4 Å². The summed E-state index contributed by atoms with van der Waals surface area (Å²) in [5, 5.41) is 12.5. The van der Waals surface area contributed by atoms with Gasteiger partial charge in [0.2, 0.25) is 0 Å². The van der Waals surface area contributed by atoms with Gasteiger partial charge in [-0.2, -0.15) is 0 Å². The van der Waals surface area contributed by atoms with Crippen molar-refractivity contribution < 1.29 is 5.11 Å². The zero-order valence-electron chi connectivity index (χ0n) is 13.0. The molecule has 2 atom stereocenters. The summed E-state index contributed by atoms with van der Waals surface area (Å²) in [6.07, 6.45) is 6.73. The number of likely N-dealkylation sites (tertiary alicyclic amines) is 1. The van der Waals surface area contributed by atoms with E-state index in [0.717, 1.165) is 30.0 Å². The number of aromatic nitrogens is 2. The summed E-state index contributed by atoms with van der Waals surface area (Å²) in [5.74, 6) is 0. The molecule has 0 saturated carbocycles. The molecule has 5 heteroatoms. The van der Waals surface area contributed by atoms with Crippen LogP contribution in [0.15, 0.2) is 48.1 Å². The predicted molar refractivity (Wildman–Crippen MR) is 92.5 cm³/mol. The number of nitrogens with zero attached hydrogens (tertiary/aromatic N) is 3. The molecular weight excluding hydrogens is 306 g/mol. The molecule has 0 aromatic carbocycles. The number of hydrogen-bond acceptors (Lipinski definition) is 4. The largest absolute Gasteiger partial charge is 0.388 e. The smallest absolute Gasteiger partial charge is 0.136 e. The van der Waals surface area contributed by atoms with Crippen LogP contribution in [-0.4, -0.2) is 32.0 Å². The molecule has 0 aliphatic carbocycles. The molecule has 4 rings (SSSR count). The molecule has 4 nitrogen and oxygen atoms in total. The van der Waals surface area contributed by atoms with Crippen molar-refractivity contribution >= 4 is 17.0 Å². The number of thiophene rings is 1. The molecule has 0 amide bonds. The van der Waals surface area contributed by atoms with E-state index in [9.17, 15) is 5.11 Å². The van der Waals surface area contributed by atoms with E-state index in [1.54, 1.807) is 11.3 Å². The first-order valence-electron chi connectivity index (χ1n) is 8.18. The third-order valence-electron chi connectivity index (χ3n) is 4.74. The Morgan fingerprint density at radius 2 is 2.26 bits per heavy atom. The maximum absolute atomic E-state index is 10.5. The van der Waals surface area contributed by atoms with Gasteiger partial charge in [0.15, 0.2) is 0 Å². The quantitative estimate of drug-likeness (QED) is 0.780. The maximum Gasteiger partial charge on any atom is 0.136 e. The molecule has 23 heavy (non-hydrogen) atoms. The molecule has 1 N–H and O–H groups in total. The number of fused-ring (bicyclic) bond motifs is 1. The van der Waals surface area contributed by atoms with Crippen molar-refractivity contribution in [2.24, 2.45) is 0 Å². The van der Waals surface area contributed by atoms with Crippen molar-refractivity contribution in [3.63, 3.8) is 0 Å². The van der Waals surface area contributed by atoms with Crippen LogP contribution in [0, 0.1) is 0 Å². The van der Waals surface area contributed by atoms with Crippen LogP contribution in [-0.2, 0) is 6.54 Å². The minimum atomic E-state index is -0.343. The molecule has 4 heterocycles. The number of rotatable bonds is 5. The number of imidazole rings is 1. The summed E-state index contributed by atoms with van der Waals surface area (Å²) >= 11 is 1.64.